The lowest BCUT2D eigenvalue weighted by atomic mass is 9.49. The summed E-state index contributed by atoms with van der Waals surface area (Å²) in [7, 11) is -12.5. The van der Waals surface area contributed by atoms with Crippen LogP contribution in [0, 0.1) is 23.2 Å². The van der Waals surface area contributed by atoms with Crippen LogP contribution in [0.5, 0.6) is 0 Å². The van der Waals surface area contributed by atoms with Gasteiger partial charge in [0.25, 0.3) is 0 Å². The van der Waals surface area contributed by atoms with Gasteiger partial charge in [0.1, 0.15) is 0 Å². The molecule has 4 aliphatic carbocycles. The lowest BCUT2D eigenvalue weighted by Gasteiger charge is -2.56. The summed E-state index contributed by atoms with van der Waals surface area (Å²) in [6.45, 7) is -0.105. The molecule has 7 nitrogen and oxygen atoms in total. The van der Waals surface area contributed by atoms with E-state index in [2.05, 4.69) is 0 Å². The second-order valence-electron chi connectivity index (χ2n) is 7.50. The van der Waals surface area contributed by atoms with Gasteiger partial charge in [0.15, 0.2) is 0 Å². The minimum atomic E-state index is -6.37. The summed E-state index contributed by atoms with van der Waals surface area (Å²) in [4.78, 5) is 11.6. The summed E-state index contributed by atoms with van der Waals surface area (Å²) < 4.78 is 79.5. The highest BCUT2D eigenvalue weighted by Gasteiger charge is 2.60. The fraction of sp³-hybridized carbons (Fsp3) is 0.923. The third-order valence-corrected chi connectivity index (χ3v) is 9.30. The number of halogens is 2. The van der Waals surface area contributed by atoms with Gasteiger partial charge in [0.2, 0.25) is 0 Å². The summed E-state index contributed by atoms with van der Waals surface area (Å²) in [6.07, 6.45) is 5.74. The first-order chi connectivity index (χ1) is 10.9. The molecule has 4 saturated carbocycles. The summed E-state index contributed by atoms with van der Waals surface area (Å²) in [5, 5.41) is -3.32. The molecule has 1 amide bonds. The number of amides is 1. The van der Waals surface area contributed by atoms with Crippen LogP contribution >= 0.6 is 0 Å². The fourth-order valence-corrected chi connectivity index (χ4v) is 6.71. The Morgan fingerprint density at radius 3 is 1.83 bits per heavy atom. The van der Waals surface area contributed by atoms with Gasteiger partial charge in [0.05, 0.1) is 0 Å². The van der Waals surface area contributed by atoms with Crippen LogP contribution in [0.25, 0.3) is 0 Å². The van der Waals surface area contributed by atoms with Gasteiger partial charge in [-0.1, -0.05) is 0 Å². The molecular weight excluding hydrogens is 368 g/mol. The first kappa shape index (κ1) is 18.0. The Hall–Kier alpha value is -0.810. The molecule has 0 radical (unpaired) electrons. The van der Waals surface area contributed by atoms with Crippen LogP contribution in [0.3, 0.4) is 0 Å². The van der Waals surface area contributed by atoms with Gasteiger partial charge in [-0.2, -0.15) is 17.2 Å². The van der Waals surface area contributed by atoms with E-state index in [0.717, 1.165) is 38.5 Å². The standard InChI is InChI=1S/C13H19F2NO6S2/c14-13(15,23(18,19)24(20,21)22)11(17)16-7-12-4-8-1-9(5-12)3-10(2-8)6-12/h8-10H,1-7H2,(H,16,17)(H,20,21,22). The van der Waals surface area contributed by atoms with Crippen LogP contribution in [0.15, 0.2) is 0 Å². The lowest BCUT2D eigenvalue weighted by molar-refractivity contribution is -0.137. The van der Waals surface area contributed by atoms with Gasteiger partial charge in [-0.15, -0.1) is 0 Å². The zero-order chi connectivity index (χ0) is 18.0. The van der Waals surface area contributed by atoms with Crippen molar-refractivity contribution in [2.24, 2.45) is 23.2 Å². The van der Waals surface area contributed by atoms with Gasteiger partial charge in [-0.05, 0) is 61.7 Å². The number of carbonyl (C=O) groups excluding carboxylic acids is 1. The molecule has 4 bridgehead atoms. The van der Waals surface area contributed by atoms with E-state index in [1.807, 2.05) is 5.32 Å². The van der Waals surface area contributed by atoms with Gasteiger partial charge in [-0.25, -0.2) is 8.42 Å². The van der Waals surface area contributed by atoms with Crippen molar-refractivity contribution >= 4 is 23.9 Å². The number of nitrogens with one attached hydrogen (secondary N) is 1. The van der Waals surface area contributed by atoms with Crippen molar-refractivity contribution < 1.29 is 35.0 Å². The van der Waals surface area contributed by atoms with Crippen LogP contribution in [0.2, 0.25) is 0 Å². The Morgan fingerprint density at radius 2 is 1.46 bits per heavy atom. The Morgan fingerprint density at radius 1 is 1.04 bits per heavy atom. The van der Waals surface area contributed by atoms with E-state index >= 15 is 0 Å². The first-order valence-electron chi connectivity index (χ1n) is 7.74. The molecular formula is C13H19F2NO6S2. The molecule has 4 aliphatic rings. The molecule has 4 rings (SSSR count). The van der Waals surface area contributed by atoms with Crippen LogP contribution < -0.4 is 5.32 Å². The fourth-order valence-electron chi connectivity index (χ4n) is 5.12. The summed E-state index contributed by atoms with van der Waals surface area (Å²) in [5.74, 6) is -0.684. The molecule has 24 heavy (non-hydrogen) atoms. The van der Waals surface area contributed by atoms with Gasteiger partial charge >= 0.3 is 29.2 Å². The molecule has 138 valence electrons. The minimum absolute atomic E-state index is 0.105. The van der Waals surface area contributed by atoms with E-state index < -0.39 is 29.2 Å². The maximum Gasteiger partial charge on any atom is 0.438 e. The molecule has 0 atom stereocenters. The molecule has 0 saturated heterocycles. The molecule has 0 aromatic carbocycles. The monoisotopic (exact) mass is 387 g/mol. The molecule has 11 heteroatoms. The van der Waals surface area contributed by atoms with E-state index in [-0.39, 0.29) is 12.0 Å². The normalized spacial score (nSPS) is 35.9. The topological polar surface area (TPSA) is 118 Å². The van der Waals surface area contributed by atoms with Gasteiger partial charge < -0.3 is 5.32 Å². The third-order valence-electron chi connectivity index (χ3n) is 5.64. The summed E-state index contributed by atoms with van der Waals surface area (Å²) >= 11 is 0. The predicted molar refractivity (Wildman–Crippen MR) is 79.0 cm³/mol. The molecule has 0 heterocycles. The summed E-state index contributed by atoms with van der Waals surface area (Å²) in [5.41, 5.74) is -0.317. The van der Waals surface area contributed by atoms with Crippen molar-refractivity contribution in [2.75, 3.05) is 6.54 Å². The average molecular weight is 387 g/mol. The molecule has 2 N–H and O–H groups in total. The molecule has 0 spiro atoms. The largest absolute Gasteiger partial charge is 0.438 e. The molecule has 4 fully saturated rings. The van der Waals surface area contributed by atoms with E-state index in [0.29, 0.717) is 17.8 Å². The molecule has 0 unspecified atom stereocenters. The SMILES string of the molecule is O=C(NCC12CC3CC(CC(C3)C1)C2)C(F)(F)S(=O)(=O)S(=O)(=O)O. The Labute approximate surface area is 138 Å². The second-order valence-corrected chi connectivity index (χ2v) is 12.4. The van der Waals surface area contributed by atoms with Crippen molar-refractivity contribution in [1.82, 2.24) is 5.32 Å². The average Bonchev–Trinajstić information content (AvgIpc) is 2.41. The number of alkyl halides is 2. The summed E-state index contributed by atoms with van der Waals surface area (Å²) in [6, 6.07) is 0. The predicted octanol–water partition coefficient (Wildman–Crippen LogP) is 1.13. The smallest absolute Gasteiger partial charge is 0.349 e. The maximum atomic E-state index is 13.7. The Bertz CT molecular complexity index is 726. The highest BCUT2D eigenvalue weighted by atomic mass is 33.2. The van der Waals surface area contributed by atoms with Crippen LogP contribution in [-0.2, 0) is 22.8 Å². The van der Waals surface area contributed by atoms with Crippen LogP contribution in [-0.4, -0.2) is 39.1 Å². The van der Waals surface area contributed by atoms with Crippen molar-refractivity contribution in [3.05, 3.63) is 0 Å². The minimum Gasteiger partial charge on any atom is -0.349 e. The molecule has 0 aromatic rings. The van der Waals surface area contributed by atoms with E-state index in [4.69, 9.17) is 4.55 Å². The van der Waals surface area contributed by atoms with Crippen molar-refractivity contribution in [2.45, 2.75) is 43.8 Å². The van der Waals surface area contributed by atoms with E-state index in [9.17, 15) is 30.4 Å². The van der Waals surface area contributed by atoms with Crippen LogP contribution in [0.4, 0.5) is 8.78 Å². The van der Waals surface area contributed by atoms with Crippen molar-refractivity contribution in [1.29, 1.82) is 0 Å². The maximum absolute atomic E-state index is 13.7. The third kappa shape index (κ3) is 2.74. The molecule has 0 aliphatic heterocycles. The lowest BCUT2D eigenvalue weighted by Crippen LogP contribution is -2.54. The number of hydrogen-bond acceptors (Lipinski definition) is 5. The van der Waals surface area contributed by atoms with Crippen molar-refractivity contribution in [3.63, 3.8) is 0 Å². The molecule has 0 aromatic heterocycles. The Kier molecular flexibility index (Phi) is 4.00. The second kappa shape index (κ2) is 5.34. The first-order valence-corrected chi connectivity index (χ1v) is 11.2. The van der Waals surface area contributed by atoms with E-state index in [1.165, 1.54) is 0 Å². The van der Waals surface area contributed by atoms with Gasteiger partial charge in [-0.3, -0.25) is 9.35 Å². The number of hydrogen-bond donors (Lipinski definition) is 2. The highest BCUT2D eigenvalue weighted by molar-refractivity contribution is 8.65. The zero-order valence-corrected chi connectivity index (χ0v) is 14.4. The van der Waals surface area contributed by atoms with Crippen LogP contribution in [0.1, 0.15) is 38.5 Å². The van der Waals surface area contributed by atoms with Gasteiger partial charge in [0, 0.05) is 6.54 Å². The highest BCUT2D eigenvalue weighted by Crippen LogP contribution is 2.59. The quantitative estimate of drug-likeness (QED) is 0.539. The number of carbonyl (C=O) groups is 1. The zero-order valence-electron chi connectivity index (χ0n) is 12.7. The van der Waals surface area contributed by atoms with E-state index in [1.54, 1.807) is 0 Å². The Balaban J connectivity index is 1.72. The van der Waals surface area contributed by atoms with Crippen molar-refractivity contribution in [3.8, 4) is 0 Å². The number of rotatable bonds is 5.